The molecule has 3 heterocycles. The molecule has 1 amide bonds. The fourth-order valence-corrected chi connectivity index (χ4v) is 4.20. The average molecular weight is 528 g/mol. The number of aliphatic hydroxyl groups excluding tert-OH is 2. The lowest BCUT2D eigenvalue weighted by molar-refractivity contribution is -0.140. The monoisotopic (exact) mass is 527 g/mol. The third-order valence-electron chi connectivity index (χ3n) is 6.33. The zero-order valence-electron chi connectivity index (χ0n) is 21.3. The Hall–Kier alpha value is -3.81. The number of fused-ring (bicyclic) bond motifs is 1. The van der Waals surface area contributed by atoms with E-state index in [2.05, 4.69) is 30.3 Å². The van der Waals surface area contributed by atoms with E-state index in [-0.39, 0.29) is 17.7 Å². The molecule has 0 radical (unpaired) electrons. The number of nitrogens with one attached hydrogen (secondary N) is 2. The molecule has 1 aromatic carbocycles. The highest BCUT2D eigenvalue weighted by Gasteiger charge is 2.47. The number of aromatic nitrogens is 4. The molecule has 1 aliphatic heterocycles. The van der Waals surface area contributed by atoms with Crippen molar-refractivity contribution in [3.8, 4) is 0 Å². The molecule has 0 spiro atoms. The van der Waals surface area contributed by atoms with Gasteiger partial charge in [0.25, 0.3) is 5.91 Å². The number of carbonyl (C=O) groups is 2. The summed E-state index contributed by atoms with van der Waals surface area (Å²) >= 11 is 0. The highest BCUT2D eigenvalue weighted by Crippen LogP contribution is 2.32. The smallest absolute Gasteiger partial charge is 0.305 e. The molecule has 6 N–H and O–H groups in total. The molecule has 3 aromatic rings. The van der Waals surface area contributed by atoms with Gasteiger partial charge >= 0.3 is 5.97 Å². The Balaban J connectivity index is 1.42. The number of nitrogens with zero attached hydrogens (tertiary/aromatic N) is 4. The SMILES string of the molecule is CCCNC(=O)[C@H]1O[C@@H](n2cnc3c(N)nc(NCCc4ccc(CCC(=O)OC)cc4)nc32)[C@H](O)[C@@H]1O. The predicted molar refractivity (Wildman–Crippen MR) is 138 cm³/mol. The van der Waals surface area contributed by atoms with Gasteiger partial charge in [-0.25, -0.2) is 4.98 Å². The maximum absolute atomic E-state index is 12.4. The summed E-state index contributed by atoms with van der Waals surface area (Å²) in [5.41, 5.74) is 8.84. The maximum Gasteiger partial charge on any atom is 0.305 e. The standard InChI is InChI=1S/C25H33N7O6/c1-3-11-27-23(36)20-18(34)19(35)24(38-20)32-13-29-17-21(26)30-25(31-22(17)32)28-12-10-15-6-4-14(5-7-15)8-9-16(33)37-2/h4-7,13,18-20,24,34-35H,3,8-12H2,1-2H3,(H,27,36)(H3,26,28,30,31)/t18-,19+,20-,24+/m0/s1. The minimum Gasteiger partial charge on any atom is -0.469 e. The molecule has 38 heavy (non-hydrogen) atoms. The molecular weight excluding hydrogens is 494 g/mol. The zero-order valence-corrected chi connectivity index (χ0v) is 21.3. The number of methoxy groups -OCH3 is 1. The number of nitrogens with two attached hydrogens (primary N) is 1. The van der Waals surface area contributed by atoms with Gasteiger partial charge in [0.15, 0.2) is 23.8 Å². The van der Waals surface area contributed by atoms with E-state index in [9.17, 15) is 19.8 Å². The lowest BCUT2D eigenvalue weighted by Gasteiger charge is -2.17. The summed E-state index contributed by atoms with van der Waals surface area (Å²) in [6.45, 7) is 2.85. The third-order valence-corrected chi connectivity index (χ3v) is 6.33. The fraction of sp³-hybridized carbons (Fsp3) is 0.480. The molecule has 0 saturated carbocycles. The van der Waals surface area contributed by atoms with Crippen molar-refractivity contribution in [1.82, 2.24) is 24.8 Å². The van der Waals surface area contributed by atoms with Crippen molar-refractivity contribution in [2.45, 2.75) is 57.1 Å². The van der Waals surface area contributed by atoms with Gasteiger partial charge in [-0.3, -0.25) is 14.2 Å². The molecule has 4 atom stereocenters. The van der Waals surface area contributed by atoms with Gasteiger partial charge in [0, 0.05) is 19.5 Å². The number of amides is 1. The van der Waals surface area contributed by atoms with E-state index in [0.29, 0.717) is 43.5 Å². The predicted octanol–water partition coefficient (Wildman–Crippen LogP) is 0.314. The molecule has 4 rings (SSSR count). The van der Waals surface area contributed by atoms with Crippen molar-refractivity contribution in [3.63, 3.8) is 0 Å². The van der Waals surface area contributed by atoms with Gasteiger partial charge in [-0.05, 0) is 30.4 Å². The first-order chi connectivity index (χ1) is 18.3. The Morgan fingerprint density at radius 1 is 1.11 bits per heavy atom. The van der Waals surface area contributed by atoms with Crippen LogP contribution >= 0.6 is 0 Å². The van der Waals surface area contributed by atoms with Crippen molar-refractivity contribution in [3.05, 3.63) is 41.7 Å². The molecule has 1 aliphatic rings. The highest BCUT2D eigenvalue weighted by molar-refractivity contribution is 5.83. The van der Waals surface area contributed by atoms with Gasteiger partial charge in [-0.15, -0.1) is 0 Å². The second-order valence-corrected chi connectivity index (χ2v) is 9.05. The van der Waals surface area contributed by atoms with Crippen molar-refractivity contribution >= 4 is 34.8 Å². The third kappa shape index (κ3) is 6.01. The number of imidazole rings is 1. The number of aliphatic hydroxyl groups is 2. The quantitative estimate of drug-likeness (QED) is 0.216. The maximum atomic E-state index is 12.4. The van der Waals surface area contributed by atoms with Gasteiger partial charge in [-0.2, -0.15) is 9.97 Å². The minimum atomic E-state index is -1.42. The van der Waals surface area contributed by atoms with Gasteiger partial charge in [0.05, 0.1) is 13.4 Å². The number of rotatable bonds is 11. The van der Waals surface area contributed by atoms with Crippen LogP contribution in [0.25, 0.3) is 11.2 Å². The van der Waals surface area contributed by atoms with Crippen LogP contribution in [0.1, 0.15) is 37.1 Å². The molecular formula is C25H33N7O6. The molecule has 13 nitrogen and oxygen atoms in total. The van der Waals surface area contributed by atoms with Crippen LogP contribution in [0.4, 0.5) is 11.8 Å². The second-order valence-electron chi connectivity index (χ2n) is 9.05. The Kier molecular flexibility index (Phi) is 8.71. The summed E-state index contributed by atoms with van der Waals surface area (Å²) in [6, 6.07) is 7.96. The van der Waals surface area contributed by atoms with Gasteiger partial charge in [0.2, 0.25) is 5.95 Å². The average Bonchev–Trinajstić information content (AvgIpc) is 3.47. The van der Waals surface area contributed by atoms with Gasteiger partial charge < -0.3 is 36.1 Å². The van der Waals surface area contributed by atoms with Crippen molar-refractivity contribution in [1.29, 1.82) is 0 Å². The highest BCUT2D eigenvalue weighted by atomic mass is 16.6. The molecule has 1 fully saturated rings. The van der Waals surface area contributed by atoms with E-state index >= 15 is 0 Å². The Bertz CT molecular complexity index is 1270. The van der Waals surface area contributed by atoms with Crippen LogP contribution in [0.2, 0.25) is 0 Å². The molecule has 0 bridgehead atoms. The zero-order chi connectivity index (χ0) is 27.2. The lowest BCUT2D eigenvalue weighted by Crippen LogP contribution is -2.42. The Labute approximate surface area is 219 Å². The molecule has 204 valence electrons. The number of anilines is 2. The van der Waals surface area contributed by atoms with Gasteiger partial charge in [-0.1, -0.05) is 31.2 Å². The van der Waals surface area contributed by atoms with E-state index in [4.69, 9.17) is 10.5 Å². The van der Waals surface area contributed by atoms with E-state index < -0.39 is 30.4 Å². The van der Waals surface area contributed by atoms with E-state index in [1.165, 1.54) is 18.0 Å². The summed E-state index contributed by atoms with van der Waals surface area (Å²) in [5.74, 6) is -0.343. The summed E-state index contributed by atoms with van der Waals surface area (Å²) in [4.78, 5) is 36.7. The lowest BCUT2D eigenvalue weighted by atomic mass is 10.1. The number of nitrogen functional groups attached to an aromatic ring is 1. The van der Waals surface area contributed by atoms with E-state index in [1.54, 1.807) is 0 Å². The number of ether oxygens (including phenoxy) is 2. The topological polar surface area (TPSA) is 187 Å². The summed E-state index contributed by atoms with van der Waals surface area (Å²) in [7, 11) is 1.38. The second kappa shape index (κ2) is 12.2. The Morgan fingerprint density at radius 3 is 2.50 bits per heavy atom. The molecule has 2 aromatic heterocycles. The molecule has 0 aliphatic carbocycles. The number of carbonyl (C=O) groups excluding carboxylic acids is 2. The van der Waals surface area contributed by atoms with Crippen LogP contribution in [-0.4, -0.2) is 80.1 Å². The first-order valence-corrected chi connectivity index (χ1v) is 12.5. The molecule has 1 saturated heterocycles. The summed E-state index contributed by atoms with van der Waals surface area (Å²) in [5, 5.41) is 26.9. The van der Waals surface area contributed by atoms with Crippen LogP contribution in [0.15, 0.2) is 30.6 Å². The first kappa shape index (κ1) is 27.2. The Morgan fingerprint density at radius 2 is 1.82 bits per heavy atom. The number of aryl methyl sites for hydroxylation is 1. The van der Waals surface area contributed by atoms with Crippen molar-refractivity contribution in [2.75, 3.05) is 31.2 Å². The minimum absolute atomic E-state index is 0.136. The largest absolute Gasteiger partial charge is 0.469 e. The summed E-state index contributed by atoms with van der Waals surface area (Å²) in [6.07, 6.45) is -1.38. The fourth-order valence-electron chi connectivity index (χ4n) is 4.20. The van der Waals surface area contributed by atoms with Crippen molar-refractivity contribution in [2.24, 2.45) is 0 Å². The number of hydrogen-bond donors (Lipinski definition) is 5. The van der Waals surface area contributed by atoms with E-state index in [0.717, 1.165) is 17.5 Å². The summed E-state index contributed by atoms with van der Waals surface area (Å²) < 4.78 is 11.8. The van der Waals surface area contributed by atoms with Crippen LogP contribution in [0, 0.1) is 0 Å². The van der Waals surface area contributed by atoms with E-state index in [1.807, 2.05) is 31.2 Å². The normalized spacial score (nSPS) is 20.9. The number of hydrogen-bond acceptors (Lipinski definition) is 11. The molecule has 0 unspecified atom stereocenters. The number of esters is 1. The van der Waals surface area contributed by atoms with Crippen LogP contribution in [0.3, 0.4) is 0 Å². The van der Waals surface area contributed by atoms with Gasteiger partial charge in [0.1, 0.15) is 17.7 Å². The van der Waals surface area contributed by atoms with Crippen molar-refractivity contribution < 1.29 is 29.3 Å². The first-order valence-electron chi connectivity index (χ1n) is 12.5. The van der Waals surface area contributed by atoms with Crippen LogP contribution < -0.4 is 16.4 Å². The van der Waals surface area contributed by atoms with Crippen LogP contribution in [-0.2, 0) is 31.9 Å². The number of benzene rings is 1. The molecule has 13 heteroatoms. The van der Waals surface area contributed by atoms with Crippen LogP contribution in [0.5, 0.6) is 0 Å².